The molecule has 0 saturated heterocycles. The summed E-state index contributed by atoms with van der Waals surface area (Å²) in [6, 6.07) is 12.1. The lowest BCUT2D eigenvalue weighted by Gasteiger charge is -2.23. The number of rotatable bonds is 3. The van der Waals surface area contributed by atoms with Crippen LogP contribution in [-0.2, 0) is 11.3 Å². The van der Waals surface area contributed by atoms with Crippen molar-refractivity contribution < 1.29 is 18.7 Å². The number of carbonyl (C=O) groups is 1. The monoisotopic (exact) mass is 372 g/mol. The summed E-state index contributed by atoms with van der Waals surface area (Å²) in [5.74, 6) is 0.390. The van der Waals surface area contributed by atoms with Crippen LogP contribution in [0.25, 0.3) is 10.2 Å². The largest absolute Gasteiger partial charge is 0.485 e. The van der Waals surface area contributed by atoms with Crippen LogP contribution in [-0.4, -0.2) is 23.2 Å². The first kappa shape index (κ1) is 16.8. The molecule has 0 fully saturated rings. The number of amides is 1. The summed E-state index contributed by atoms with van der Waals surface area (Å²) in [5, 5.41) is 0. The fraction of sp³-hybridized carbons (Fsp3) is 0.263. The Morgan fingerprint density at radius 1 is 1.27 bits per heavy atom. The number of para-hydroxylation sites is 3. The Balaban J connectivity index is 1.71. The Morgan fingerprint density at radius 2 is 2.08 bits per heavy atom. The molecule has 26 heavy (non-hydrogen) atoms. The van der Waals surface area contributed by atoms with Crippen molar-refractivity contribution in [2.45, 2.75) is 26.0 Å². The summed E-state index contributed by atoms with van der Waals surface area (Å²) in [7, 11) is 0. The van der Waals surface area contributed by atoms with Crippen LogP contribution in [0.2, 0.25) is 0 Å². The number of nitrogens with zero attached hydrogens (tertiary/aromatic N) is 2. The van der Waals surface area contributed by atoms with Gasteiger partial charge in [0.15, 0.2) is 16.3 Å². The van der Waals surface area contributed by atoms with Gasteiger partial charge in [0.25, 0.3) is 5.91 Å². The molecular weight excluding hydrogens is 355 g/mol. The Morgan fingerprint density at radius 3 is 2.88 bits per heavy atom. The van der Waals surface area contributed by atoms with E-state index in [0.717, 1.165) is 11.1 Å². The molecule has 7 heteroatoms. The van der Waals surface area contributed by atoms with Crippen LogP contribution in [0, 0.1) is 5.82 Å². The van der Waals surface area contributed by atoms with Crippen LogP contribution >= 0.6 is 11.3 Å². The van der Waals surface area contributed by atoms with Gasteiger partial charge in [0.2, 0.25) is 6.10 Å². The van der Waals surface area contributed by atoms with Crippen LogP contribution in [0.5, 0.6) is 11.5 Å². The van der Waals surface area contributed by atoms with Crippen molar-refractivity contribution in [3.63, 3.8) is 0 Å². The second kappa shape index (κ2) is 6.92. The van der Waals surface area contributed by atoms with E-state index in [-0.39, 0.29) is 12.4 Å². The highest BCUT2D eigenvalue weighted by molar-refractivity contribution is 7.16. The first-order chi connectivity index (χ1) is 12.7. The van der Waals surface area contributed by atoms with E-state index >= 15 is 0 Å². The Bertz CT molecular complexity index is 1040. The Labute approximate surface area is 153 Å². The van der Waals surface area contributed by atoms with Crippen LogP contribution in [0.15, 0.2) is 47.5 Å². The molecule has 0 radical (unpaired) electrons. The van der Waals surface area contributed by atoms with Gasteiger partial charge in [-0.05, 0) is 30.7 Å². The zero-order valence-electron chi connectivity index (χ0n) is 14.1. The maximum atomic E-state index is 14.3. The maximum absolute atomic E-state index is 14.3. The predicted molar refractivity (Wildman–Crippen MR) is 97.0 cm³/mol. The SMILES string of the molecule is CCCn1c(=NC(=O)C2COc3ccccc3O2)sc2cccc(F)c21. The Kier molecular flexibility index (Phi) is 4.46. The van der Waals surface area contributed by atoms with E-state index in [1.807, 2.05) is 25.1 Å². The van der Waals surface area contributed by atoms with E-state index < -0.39 is 12.0 Å². The van der Waals surface area contributed by atoms with E-state index in [1.165, 1.54) is 17.4 Å². The van der Waals surface area contributed by atoms with Gasteiger partial charge in [-0.2, -0.15) is 4.99 Å². The van der Waals surface area contributed by atoms with Gasteiger partial charge in [0, 0.05) is 6.54 Å². The second-order valence-corrected chi connectivity index (χ2v) is 6.95. The van der Waals surface area contributed by atoms with Gasteiger partial charge in [-0.1, -0.05) is 36.5 Å². The topological polar surface area (TPSA) is 52.8 Å². The van der Waals surface area contributed by atoms with E-state index in [9.17, 15) is 9.18 Å². The highest BCUT2D eigenvalue weighted by Crippen LogP contribution is 2.31. The lowest BCUT2D eigenvalue weighted by atomic mass is 10.2. The van der Waals surface area contributed by atoms with E-state index in [4.69, 9.17) is 9.47 Å². The van der Waals surface area contributed by atoms with Gasteiger partial charge in [0.1, 0.15) is 12.4 Å². The summed E-state index contributed by atoms with van der Waals surface area (Å²) in [6.07, 6.45) is -0.00662. The normalized spacial score (nSPS) is 16.8. The number of aryl methyl sites for hydroxylation is 1. The lowest BCUT2D eigenvalue weighted by Crippen LogP contribution is -2.36. The molecule has 1 aliphatic heterocycles. The average Bonchev–Trinajstić information content (AvgIpc) is 3.00. The average molecular weight is 372 g/mol. The third-order valence-electron chi connectivity index (χ3n) is 4.09. The molecule has 2 heterocycles. The van der Waals surface area contributed by atoms with Crippen LogP contribution in [0.4, 0.5) is 4.39 Å². The van der Waals surface area contributed by atoms with Gasteiger partial charge in [0.05, 0.1) is 10.2 Å². The highest BCUT2D eigenvalue weighted by Gasteiger charge is 2.27. The number of halogens is 1. The molecule has 134 valence electrons. The number of fused-ring (bicyclic) bond motifs is 2. The molecule has 0 saturated carbocycles. The fourth-order valence-corrected chi connectivity index (χ4v) is 3.99. The van der Waals surface area contributed by atoms with Gasteiger partial charge >= 0.3 is 0 Å². The molecule has 1 aromatic heterocycles. The molecule has 3 aromatic rings. The van der Waals surface area contributed by atoms with Crippen molar-refractivity contribution >= 4 is 27.5 Å². The number of hydrogen-bond donors (Lipinski definition) is 0. The van der Waals surface area contributed by atoms with Gasteiger partial charge in [-0.15, -0.1) is 0 Å². The smallest absolute Gasteiger partial charge is 0.292 e. The summed E-state index contributed by atoms with van der Waals surface area (Å²) in [6.45, 7) is 2.68. The van der Waals surface area contributed by atoms with Crippen molar-refractivity contribution in [3.8, 4) is 11.5 Å². The second-order valence-electron chi connectivity index (χ2n) is 5.94. The van der Waals surface area contributed by atoms with Gasteiger partial charge < -0.3 is 14.0 Å². The van der Waals surface area contributed by atoms with E-state index in [1.54, 1.807) is 22.8 Å². The quantitative estimate of drug-likeness (QED) is 0.707. The summed E-state index contributed by atoms with van der Waals surface area (Å²) in [5.41, 5.74) is 0.483. The molecule has 4 rings (SSSR count). The number of benzene rings is 2. The molecule has 0 N–H and O–H groups in total. The minimum Gasteiger partial charge on any atom is -0.485 e. The van der Waals surface area contributed by atoms with Crippen molar-refractivity contribution in [1.29, 1.82) is 0 Å². The molecule has 5 nitrogen and oxygen atoms in total. The fourth-order valence-electron chi connectivity index (χ4n) is 2.91. The van der Waals surface area contributed by atoms with Gasteiger partial charge in [-0.3, -0.25) is 4.79 Å². The number of aromatic nitrogens is 1. The highest BCUT2D eigenvalue weighted by atomic mass is 32.1. The van der Waals surface area contributed by atoms with Crippen molar-refractivity contribution in [2.75, 3.05) is 6.61 Å². The third-order valence-corrected chi connectivity index (χ3v) is 5.13. The predicted octanol–water partition coefficient (Wildman–Crippen LogP) is 3.52. The van der Waals surface area contributed by atoms with Crippen LogP contribution < -0.4 is 14.3 Å². The molecule has 0 aliphatic carbocycles. The summed E-state index contributed by atoms with van der Waals surface area (Å²) >= 11 is 1.30. The molecular formula is C19H17FN2O3S. The zero-order chi connectivity index (χ0) is 18.1. The standard InChI is InChI=1S/C19H17FN2O3S/c1-2-10-22-17-12(20)6-5-9-16(17)26-19(22)21-18(23)15-11-24-13-7-3-4-8-14(13)25-15/h3-9,15H,2,10-11H2,1H3. The minimum absolute atomic E-state index is 0.104. The first-order valence-corrected chi connectivity index (χ1v) is 9.24. The molecule has 1 aliphatic rings. The van der Waals surface area contributed by atoms with Gasteiger partial charge in [-0.25, -0.2) is 4.39 Å². The number of carbonyl (C=O) groups excluding carboxylic acids is 1. The molecule has 0 spiro atoms. The molecule has 2 aromatic carbocycles. The van der Waals surface area contributed by atoms with E-state index in [0.29, 0.717) is 28.4 Å². The minimum atomic E-state index is -0.810. The van der Waals surface area contributed by atoms with Crippen LogP contribution in [0.3, 0.4) is 0 Å². The molecule has 1 amide bonds. The molecule has 1 unspecified atom stereocenters. The number of hydrogen-bond acceptors (Lipinski definition) is 4. The zero-order valence-corrected chi connectivity index (χ0v) is 15.0. The third kappa shape index (κ3) is 2.99. The van der Waals surface area contributed by atoms with E-state index in [2.05, 4.69) is 4.99 Å². The first-order valence-electron chi connectivity index (χ1n) is 8.42. The van der Waals surface area contributed by atoms with Crippen molar-refractivity contribution in [1.82, 2.24) is 4.57 Å². The summed E-state index contributed by atoms with van der Waals surface area (Å²) < 4.78 is 28.1. The maximum Gasteiger partial charge on any atom is 0.292 e. The Hall–Kier alpha value is -2.67. The summed E-state index contributed by atoms with van der Waals surface area (Å²) in [4.78, 5) is 17.3. The van der Waals surface area contributed by atoms with Crippen molar-refractivity contribution in [3.05, 3.63) is 53.1 Å². The van der Waals surface area contributed by atoms with Crippen LogP contribution in [0.1, 0.15) is 13.3 Å². The number of thiazole rings is 1. The van der Waals surface area contributed by atoms with Crippen molar-refractivity contribution in [2.24, 2.45) is 4.99 Å². The molecule has 1 atom stereocenters. The molecule has 0 bridgehead atoms. The number of ether oxygens (including phenoxy) is 2. The lowest BCUT2D eigenvalue weighted by molar-refractivity contribution is -0.127.